The summed E-state index contributed by atoms with van der Waals surface area (Å²) in [6.07, 6.45) is -4.38. The maximum Gasteiger partial charge on any atom is 0.416 e. The second-order valence-corrected chi connectivity index (χ2v) is 8.31. The lowest BCUT2D eigenvalue weighted by molar-refractivity contribution is -0.137. The number of hydrogen-bond acceptors (Lipinski definition) is 6. The van der Waals surface area contributed by atoms with Crippen LogP contribution in [-0.4, -0.2) is 62.9 Å². The summed E-state index contributed by atoms with van der Waals surface area (Å²) in [5, 5.41) is 12.3. The molecule has 1 aliphatic rings. The minimum absolute atomic E-state index is 0.0574. The number of carbonyl (C=O) groups excluding carboxylic acids is 1. The smallest absolute Gasteiger partial charge is 0.368 e. The number of carbonyl (C=O) groups is 1. The Kier molecular flexibility index (Phi) is 6.35. The molecule has 0 spiro atoms. The Bertz CT molecular complexity index is 1090. The molecule has 168 valence electrons. The van der Waals surface area contributed by atoms with Crippen molar-refractivity contribution in [2.24, 2.45) is 0 Å². The number of rotatable bonds is 5. The van der Waals surface area contributed by atoms with E-state index in [1.54, 1.807) is 15.6 Å². The van der Waals surface area contributed by atoms with Crippen molar-refractivity contribution >= 4 is 23.4 Å². The molecule has 11 heteroatoms. The van der Waals surface area contributed by atoms with Crippen LogP contribution in [0.15, 0.2) is 53.7 Å². The number of nitrogens with zero attached hydrogens (tertiary/aromatic N) is 6. The number of hydrogen-bond donors (Lipinski definition) is 0. The fraction of sp³-hybridized carbons (Fsp3) is 0.333. The highest BCUT2D eigenvalue weighted by atomic mass is 32.2. The predicted octanol–water partition coefficient (Wildman–Crippen LogP) is 3.43. The number of tetrazole rings is 1. The quantitative estimate of drug-likeness (QED) is 0.542. The molecule has 32 heavy (non-hydrogen) atoms. The minimum Gasteiger partial charge on any atom is -0.368 e. The van der Waals surface area contributed by atoms with E-state index in [1.807, 2.05) is 36.1 Å². The molecule has 4 rings (SSSR count). The fourth-order valence-electron chi connectivity index (χ4n) is 3.53. The third-order valence-corrected chi connectivity index (χ3v) is 6.18. The molecule has 1 amide bonds. The summed E-state index contributed by atoms with van der Waals surface area (Å²) in [6.45, 7) is 3.79. The van der Waals surface area contributed by atoms with Crippen LogP contribution in [0.3, 0.4) is 0 Å². The minimum atomic E-state index is -4.38. The predicted molar refractivity (Wildman–Crippen MR) is 115 cm³/mol. The molecule has 0 unspecified atom stereocenters. The van der Waals surface area contributed by atoms with Crippen molar-refractivity contribution in [2.45, 2.75) is 18.3 Å². The van der Waals surface area contributed by atoms with Gasteiger partial charge in [-0.05, 0) is 47.2 Å². The van der Waals surface area contributed by atoms with Gasteiger partial charge in [-0.15, -0.1) is 5.10 Å². The number of piperazine rings is 1. The first-order chi connectivity index (χ1) is 15.3. The van der Waals surface area contributed by atoms with Crippen LogP contribution in [0.25, 0.3) is 5.69 Å². The van der Waals surface area contributed by atoms with Crippen molar-refractivity contribution in [2.75, 3.05) is 36.8 Å². The van der Waals surface area contributed by atoms with Gasteiger partial charge in [-0.1, -0.05) is 36.0 Å². The first-order valence-electron chi connectivity index (χ1n) is 10.00. The summed E-state index contributed by atoms with van der Waals surface area (Å²) in [6, 6.07) is 13.0. The highest BCUT2D eigenvalue weighted by molar-refractivity contribution is 7.99. The third kappa shape index (κ3) is 4.87. The maximum atomic E-state index is 13.0. The standard InChI is InChI=1S/C21H21F3N6OS/c1-15-5-2-3-8-18(15)30-20(25-26-27-30)32-14-19(31)29-11-9-28(10-12-29)17-7-4-6-16(13-17)21(22,23)24/h2-8,13H,9-12,14H2,1H3. The highest BCUT2D eigenvalue weighted by Gasteiger charge is 2.31. The number of benzene rings is 2. The van der Waals surface area contributed by atoms with Crippen LogP contribution in [0, 0.1) is 6.92 Å². The van der Waals surface area contributed by atoms with Crippen molar-refractivity contribution in [3.63, 3.8) is 0 Å². The van der Waals surface area contributed by atoms with Crippen LogP contribution in [-0.2, 0) is 11.0 Å². The Balaban J connectivity index is 1.34. The second kappa shape index (κ2) is 9.19. The van der Waals surface area contributed by atoms with Crippen LogP contribution in [0.5, 0.6) is 0 Å². The van der Waals surface area contributed by atoms with Crippen molar-refractivity contribution < 1.29 is 18.0 Å². The molecule has 0 saturated carbocycles. The first kappa shape index (κ1) is 22.1. The maximum absolute atomic E-state index is 13.0. The van der Waals surface area contributed by atoms with Gasteiger partial charge in [0.1, 0.15) is 0 Å². The zero-order valence-electron chi connectivity index (χ0n) is 17.3. The average molecular weight is 463 g/mol. The summed E-state index contributed by atoms with van der Waals surface area (Å²) < 4.78 is 40.5. The normalized spacial score (nSPS) is 14.6. The van der Waals surface area contributed by atoms with Crippen LogP contribution in [0.2, 0.25) is 0 Å². The molecule has 1 fully saturated rings. The SMILES string of the molecule is Cc1ccccc1-n1nnnc1SCC(=O)N1CCN(c2cccc(C(F)(F)F)c2)CC1. The van der Waals surface area contributed by atoms with Gasteiger partial charge in [0.05, 0.1) is 17.0 Å². The van der Waals surface area contributed by atoms with Gasteiger partial charge in [-0.3, -0.25) is 4.79 Å². The summed E-state index contributed by atoms with van der Waals surface area (Å²) in [4.78, 5) is 16.3. The van der Waals surface area contributed by atoms with Crippen LogP contribution < -0.4 is 4.90 Å². The van der Waals surface area contributed by atoms with E-state index in [1.165, 1.54) is 17.8 Å². The van der Waals surface area contributed by atoms with Crippen molar-refractivity contribution in [1.82, 2.24) is 25.1 Å². The van der Waals surface area contributed by atoms with Crippen LogP contribution in [0.4, 0.5) is 18.9 Å². The highest BCUT2D eigenvalue weighted by Crippen LogP contribution is 2.32. The van der Waals surface area contributed by atoms with Gasteiger partial charge in [0, 0.05) is 31.9 Å². The Morgan fingerprint density at radius 1 is 1.06 bits per heavy atom. The number of aryl methyl sites for hydroxylation is 1. The lowest BCUT2D eigenvalue weighted by atomic mass is 10.1. The molecule has 0 atom stereocenters. The molecule has 1 saturated heterocycles. The summed E-state index contributed by atoms with van der Waals surface area (Å²) in [7, 11) is 0. The van der Waals surface area contributed by atoms with Gasteiger partial charge in [-0.25, -0.2) is 0 Å². The largest absolute Gasteiger partial charge is 0.416 e. The van der Waals surface area contributed by atoms with E-state index in [0.717, 1.165) is 23.4 Å². The molecule has 0 aliphatic carbocycles. The molecule has 3 aromatic rings. The Morgan fingerprint density at radius 2 is 1.81 bits per heavy atom. The van der Waals surface area contributed by atoms with Gasteiger partial charge in [0.25, 0.3) is 0 Å². The van der Waals surface area contributed by atoms with Gasteiger partial charge < -0.3 is 9.80 Å². The molecule has 7 nitrogen and oxygen atoms in total. The number of amides is 1. The van der Waals surface area contributed by atoms with Crippen molar-refractivity contribution in [3.8, 4) is 5.69 Å². The van der Waals surface area contributed by atoms with E-state index < -0.39 is 11.7 Å². The zero-order chi connectivity index (χ0) is 22.7. The molecule has 1 aromatic heterocycles. The summed E-state index contributed by atoms with van der Waals surface area (Å²) >= 11 is 1.26. The van der Waals surface area contributed by atoms with E-state index in [9.17, 15) is 18.0 Å². The van der Waals surface area contributed by atoms with Gasteiger partial charge in [0.2, 0.25) is 11.1 Å². The van der Waals surface area contributed by atoms with E-state index in [2.05, 4.69) is 15.5 Å². The molecular formula is C21H21F3N6OS. The molecule has 2 heterocycles. The number of para-hydroxylation sites is 1. The Morgan fingerprint density at radius 3 is 2.53 bits per heavy atom. The Hall–Kier alpha value is -3.08. The van der Waals surface area contributed by atoms with E-state index in [0.29, 0.717) is 37.0 Å². The van der Waals surface area contributed by atoms with Gasteiger partial charge in [0.15, 0.2) is 0 Å². The van der Waals surface area contributed by atoms with Crippen molar-refractivity contribution in [3.05, 3.63) is 59.7 Å². The first-order valence-corrected chi connectivity index (χ1v) is 11.0. The van der Waals surface area contributed by atoms with Crippen LogP contribution in [0.1, 0.15) is 11.1 Å². The second-order valence-electron chi connectivity index (χ2n) is 7.36. The van der Waals surface area contributed by atoms with E-state index >= 15 is 0 Å². The van der Waals surface area contributed by atoms with Crippen LogP contribution >= 0.6 is 11.8 Å². The lowest BCUT2D eigenvalue weighted by Crippen LogP contribution is -2.49. The lowest BCUT2D eigenvalue weighted by Gasteiger charge is -2.36. The monoisotopic (exact) mass is 462 g/mol. The molecule has 0 radical (unpaired) electrons. The Labute approximate surface area is 187 Å². The number of halogens is 3. The topological polar surface area (TPSA) is 67.2 Å². The number of alkyl halides is 3. The number of aromatic nitrogens is 4. The summed E-state index contributed by atoms with van der Waals surface area (Å²) in [5.41, 5.74) is 1.70. The number of anilines is 1. The number of thioether (sulfide) groups is 1. The molecule has 0 N–H and O–H groups in total. The van der Waals surface area contributed by atoms with Gasteiger partial charge >= 0.3 is 6.18 Å². The van der Waals surface area contributed by atoms with E-state index in [-0.39, 0.29) is 11.7 Å². The zero-order valence-corrected chi connectivity index (χ0v) is 18.1. The molecule has 0 bridgehead atoms. The average Bonchev–Trinajstić information content (AvgIpc) is 3.26. The van der Waals surface area contributed by atoms with E-state index in [4.69, 9.17) is 0 Å². The van der Waals surface area contributed by atoms with Crippen molar-refractivity contribution in [1.29, 1.82) is 0 Å². The summed E-state index contributed by atoms with van der Waals surface area (Å²) in [5.74, 6) is 0.119. The fourth-order valence-corrected chi connectivity index (χ4v) is 4.32. The molecular weight excluding hydrogens is 441 g/mol. The molecule has 1 aliphatic heterocycles. The van der Waals surface area contributed by atoms with Gasteiger partial charge in [-0.2, -0.15) is 17.9 Å². The third-order valence-electron chi connectivity index (χ3n) is 5.28. The molecule has 2 aromatic carbocycles.